The lowest BCUT2D eigenvalue weighted by Gasteiger charge is -2.34. The van der Waals surface area contributed by atoms with Gasteiger partial charge in [0.1, 0.15) is 22.0 Å². The van der Waals surface area contributed by atoms with Crippen LogP contribution in [-0.4, -0.2) is 48.4 Å². The molecule has 1 N–H and O–H groups in total. The smallest absolute Gasteiger partial charge is 0.263 e. The summed E-state index contributed by atoms with van der Waals surface area (Å²) < 4.78 is 35.1. The number of nitrogens with zero attached hydrogens (tertiary/aromatic N) is 3. The largest absolute Gasteiger partial charge is 0.495 e. The average molecular weight is 539 g/mol. The minimum absolute atomic E-state index is 0.0115. The van der Waals surface area contributed by atoms with Crippen molar-refractivity contribution in [1.82, 2.24) is 13.9 Å². The average Bonchev–Trinajstić information content (AvgIpc) is 3.12. The fourth-order valence-electron chi connectivity index (χ4n) is 4.59. The molecule has 0 spiro atoms. The zero-order valence-electron chi connectivity index (χ0n) is 19.9. The van der Waals surface area contributed by atoms with Crippen molar-refractivity contribution in [2.75, 3.05) is 25.5 Å². The zero-order valence-corrected chi connectivity index (χ0v) is 22.3. The number of benzene rings is 1. The highest BCUT2D eigenvalue weighted by molar-refractivity contribution is 7.89. The van der Waals surface area contributed by atoms with Gasteiger partial charge >= 0.3 is 0 Å². The number of methoxy groups -OCH3 is 1. The van der Waals surface area contributed by atoms with Crippen LogP contribution in [0.15, 0.2) is 34.2 Å². The second kappa shape index (κ2) is 9.88. The van der Waals surface area contributed by atoms with Crippen molar-refractivity contribution in [1.29, 1.82) is 0 Å². The molecule has 0 bridgehead atoms. The molecule has 1 aliphatic heterocycles. The summed E-state index contributed by atoms with van der Waals surface area (Å²) in [6.07, 6.45) is 2.22. The van der Waals surface area contributed by atoms with Gasteiger partial charge in [0.2, 0.25) is 15.9 Å². The first kappa shape index (κ1) is 25.6. The summed E-state index contributed by atoms with van der Waals surface area (Å²) in [7, 11) is -2.45. The molecule has 0 saturated carbocycles. The van der Waals surface area contributed by atoms with Crippen LogP contribution in [0.2, 0.25) is 5.02 Å². The first-order valence-corrected chi connectivity index (χ1v) is 13.8. The number of amides is 1. The summed E-state index contributed by atoms with van der Waals surface area (Å²) in [5, 5.41) is 3.11. The number of fused-ring (bicyclic) bond motifs is 1. The van der Waals surface area contributed by atoms with Gasteiger partial charge in [0, 0.05) is 23.0 Å². The van der Waals surface area contributed by atoms with Gasteiger partial charge in [0.05, 0.1) is 24.5 Å². The van der Waals surface area contributed by atoms with Gasteiger partial charge in [-0.2, -0.15) is 4.31 Å². The highest BCUT2D eigenvalue weighted by atomic mass is 35.5. The van der Waals surface area contributed by atoms with Crippen molar-refractivity contribution in [3.8, 4) is 5.75 Å². The maximum absolute atomic E-state index is 13.7. The van der Waals surface area contributed by atoms with Gasteiger partial charge in [0.25, 0.3) is 5.56 Å². The number of ether oxygens (including phenoxy) is 1. The molecular weight excluding hydrogens is 512 g/mol. The molecule has 0 unspecified atom stereocenters. The SMILES string of the molecule is COc1ccc(Cl)cc1NC(=O)Cn1cnc2sc(C)c(S(=O)(=O)N3C[C@H](C)C[C@@H](C)C3)c2c1=O. The highest BCUT2D eigenvalue weighted by Gasteiger charge is 2.35. The standard InChI is InChI=1S/C23H27ClN4O5S2/c1-13-7-14(2)10-28(9-13)35(31,32)21-15(3)34-22-20(21)23(30)27(12-25-22)11-19(29)26-17-8-16(24)5-6-18(17)33-4/h5-6,8,12-14H,7,9-11H2,1-4H3,(H,26,29)/t13-,14-/m1/s1. The molecular formula is C23H27ClN4O5S2. The van der Waals surface area contributed by atoms with Gasteiger partial charge in [0.15, 0.2) is 0 Å². The summed E-state index contributed by atoms with van der Waals surface area (Å²) in [4.78, 5) is 31.3. The maximum Gasteiger partial charge on any atom is 0.263 e. The van der Waals surface area contributed by atoms with Crippen LogP contribution >= 0.6 is 22.9 Å². The van der Waals surface area contributed by atoms with Crippen LogP contribution in [0, 0.1) is 18.8 Å². The second-order valence-electron chi connectivity index (χ2n) is 9.01. The van der Waals surface area contributed by atoms with E-state index in [-0.39, 0.29) is 28.7 Å². The lowest BCUT2D eigenvalue weighted by Crippen LogP contribution is -2.42. The third-order valence-electron chi connectivity index (χ3n) is 5.98. The van der Waals surface area contributed by atoms with E-state index in [1.54, 1.807) is 19.1 Å². The van der Waals surface area contributed by atoms with Crippen LogP contribution in [0.4, 0.5) is 5.69 Å². The predicted octanol–water partition coefficient (Wildman–Crippen LogP) is 3.73. The maximum atomic E-state index is 13.7. The Kier molecular flexibility index (Phi) is 7.23. The predicted molar refractivity (Wildman–Crippen MR) is 137 cm³/mol. The summed E-state index contributed by atoms with van der Waals surface area (Å²) in [6, 6.07) is 4.78. The lowest BCUT2D eigenvalue weighted by molar-refractivity contribution is -0.116. The van der Waals surface area contributed by atoms with Crippen molar-refractivity contribution in [3.05, 3.63) is 44.8 Å². The van der Waals surface area contributed by atoms with E-state index in [2.05, 4.69) is 10.3 Å². The summed E-state index contributed by atoms with van der Waals surface area (Å²) in [6.45, 7) is 6.18. The second-order valence-corrected chi connectivity index (χ2v) is 12.5. The molecule has 1 aromatic carbocycles. The fraction of sp³-hybridized carbons (Fsp3) is 0.435. The first-order chi connectivity index (χ1) is 16.5. The highest BCUT2D eigenvalue weighted by Crippen LogP contribution is 2.35. The minimum Gasteiger partial charge on any atom is -0.495 e. The number of anilines is 1. The number of hydrogen-bond donors (Lipinski definition) is 1. The number of aromatic nitrogens is 2. The van der Waals surface area contributed by atoms with Crippen molar-refractivity contribution in [3.63, 3.8) is 0 Å². The molecule has 188 valence electrons. The van der Waals surface area contributed by atoms with E-state index in [0.717, 1.165) is 22.3 Å². The van der Waals surface area contributed by atoms with Crippen molar-refractivity contribution < 1.29 is 17.9 Å². The molecule has 2 atom stereocenters. The number of piperidine rings is 1. The number of hydrogen-bond acceptors (Lipinski definition) is 7. The van der Waals surface area contributed by atoms with Crippen LogP contribution in [0.3, 0.4) is 0 Å². The molecule has 3 heterocycles. The molecule has 1 aliphatic rings. The number of sulfonamides is 1. The number of thiophene rings is 1. The van der Waals surface area contributed by atoms with Crippen LogP contribution in [-0.2, 0) is 21.4 Å². The Balaban J connectivity index is 1.69. The molecule has 4 rings (SSSR count). The van der Waals surface area contributed by atoms with Gasteiger partial charge in [-0.15, -0.1) is 11.3 Å². The van der Waals surface area contributed by atoms with Gasteiger partial charge in [-0.25, -0.2) is 13.4 Å². The third-order valence-corrected chi connectivity index (χ3v) is 9.36. The third kappa shape index (κ3) is 5.09. The van der Waals surface area contributed by atoms with Crippen LogP contribution in [0.1, 0.15) is 25.1 Å². The summed E-state index contributed by atoms with van der Waals surface area (Å²) >= 11 is 7.18. The van der Waals surface area contributed by atoms with Gasteiger partial charge in [-0.1, -0.05) is 25.4 Å². The monoisotopic (exact) mass is 538 g/mol. The number of carbonyl (C=O) groups excluding carboxylic acids is 1. The van der Waals surface area contributed by atoms with E-state index in [4.69, 9.17) is 16.3 Å². The number of aryl methyl sites for hydroxylation is 1. The quantitative estimate of drug-likeness (QED) is 0.512. The molecule has 0 aliphatic carbocycles. The van der Waals surface area contributed by atoms with Gasteiger partial charge in [-0.3, -0.25) is 14.2 Å². The fourth-order valence-corrected chi connectivity index (χ4v) is 8.11. The Labute approximate surface area is 212 Å². The molecule has 35 heavy (non-hydrogen) atoms. The van der Waals surface area contributed by atoms with E-state index in [1.165, 1.54) is 23.8 Å². The lowest BCUT2D eigenvalue weighted by atomic mass is 9.94. The normalized spacial score (nSPS) is 19.1. The molecule has 2 aromatic heterocycles. The zero-order chi connectivity index (χ0) is 25.5. The van der Waals surface area contributed by atoms with E-state index < -0.39 is 21.5 Å². The Hall–Kier alpha value is -2.47. The number of nitrogens with one attached hydrogen (secondary N) is 1. The van der Waals surface area contributed by atoms with Crippen molar-refractivity contribution in [2.45, 2.75) is 38.6 Å². The van der Waals surface area contributed by atoms with E-state index in [9.17, 15) is 18.0 Å². The number of halogens is 1. The molecule has 0 radical (unpaired) electrons. The van der Waals surface area contributed by atoms with Crippen molar-refractivity contribution in [2.24, 2.45) is 11.8 Å². The van der Waals surface area contributed by atoms with E-state index in [0.29, 0.717) is 39.3 Å². The Morgan fingerprint density at radius 3 is 2.63 bits per heavy atom. The number of carbonyl (C=O) groups is 1. The molecule has 1 saturated heterocycles. The topological polar surface area (TPSA) is 111 Å². The summed E-state index contributed by atoms with van der Waals surface area (Å²) in [5.74, 6) is 0.348. The molecule has 1 amide bonds. The van der Waals surface area contributed by atoms with Crippen LogP contribution in [0.5, 0.6) is 5.75 Å². The van der Waals surface area contributed by atoms with Crippen LogP contribution in [0.25, 0.3) is 10.2 Å². The Bertz CT molecular complexity index is 1440. The molecule has 1 fully saturated rings. The van der Waals surface area contributed by atoms with Crippen molar-refractivity contribution >= 4 is 54.8 Å². The Morgan fingerprint density at radius 2 is 1.97 bits per heavy atom. The van der Waals surface area contributed by atoms with E-state index >= 15 is 0 Å². The molecule has 9 nitrogen and oxygen atoms in total. The molecule has 12 heteroatoms. The van der Waals surface area contributed by atoms with Gasteiger partial charge < -0.3 is 10.1 Å². The van der Waals surface area contributed by atoms with E-state index in [1.807, 2.05) is 13.8 Å². The number of rotatable bonds is 6. The van der Waals surface area contributed by atoms with Crippen LogP contribution < -0.4 is 15.6 Å². The van der Waals surface area contributed by atoms with Gasteiger partial charge in [-0.05, 0) is 43.4 Å². The Morgan fingerprint density at radius 1 is 1.29 bits per heavy atom. The molecule has 3 aromatic rings. The minimum atomic E-state index is -3.91. The summed E-state index contributed by atoms with van der Waals surface area (Å²) in [5.41, 5.74) is -0.223. The first-order valence-electron chi connectivity index (χ1n) is 11.1.